The number of rotatable bonds is 4. The molecule has 2 heterocycles. The molecule has 1 fully saturated rings. The Kier molecular flexibility index (Phi) is 6.97. The van der Waals surface area contributed by atoms with E-state index in [1.54, 1.807) is 5.56 Å². The maximum Gasteiger partial charge on any atom is 0.222 e. The normalized spacial score (nSPS) is 15.6. The van der Waals surface area contributed by atoms with Gasteiger partial charge in [-0.15, -0.1) is 0 Å². The second-order valence-electron chi connectivity index (χ2n) is 16.1. The monoisotopic (exact) mass is 586 g/mol. The zero-order valence-electron chi connectivity index (χ0n) is 27.6. The van der Waals surface area contributed by atoms with Gasteiger partial charge in [-0.1, -0.05) is 115 Å². The molecule has 0 unspecified atom stereocenters. The van der Waals surface area contributed by atoms with E-state index in [0.717, 1.165) is 18.8 Å². The third kappa shape index (κ3) is 5.18. The molecule has 0 amide bonds. The van der Waals surface area contributed by atoms with Crippen molar-refractivity contribution in [2.45, 2.75) is 103 Å². The average molecular weight is 587 g/mol. The zero-order valence-corrected chi connectivity index (χ0v) is 28.4. The first-order valence-corrected chi connectivity index (χ1v) is 17.3. The van der Waals surface area contributed by atoms with E-state index in [-0.39, 0.29) is 10.8 Å². The van der Waals surface area contributed by atoms with Crippen LogP contribution in [0.5, 0.6) is 0 Å². The summed E-state index contributed by atoms with van der Waals surface area (Å²) < 4.78 is 2.41. The van der Waals surface area contributed by atoms with E-state index in [1.807, 2.05) is 11.8 Å². The molecule has 43 heavy (non-hydrogen) atoms. The number of fused-ring (bicyclic) bond motifs is 5. The fourth-order valence-electron chi connectivity index (χ4n) is 8.14. The van der Waals surface area contributed by atoms with Crippen LogP contribution in [-0.4, -0.2) is 0 Å². The van der Waals surface area contributed by atoms with E-state index in [0.29, 0.717) is 0 Å². The molecule has 7 rings (SSSR count). The molecule has 5 aromatic rings. The number of aromatic nitrogens is 1. The molecule has 0 saturated heterocycles. The summed E-state index contributed by atoms with van der Waals surface area (Å²) in [7, 11) is 2.26. The van der Waals surface area contributed by atoms with Crippen LogP contribution in [0.1, 0.15) is 89.5 Å². The second-order valence-corrected chi connectivity index (χ2v) is 17.1. The second kappa shape index (κ2) is 10.4. The lowest BCUT2D eigenvalue weighted by Gasteiger charge is -2.28. The van der Waals surface area contributed by atoms with Crippen molar-refractivity contribution in [2.24, 2.45) is 23.8 Å². The minimum absolute atomic E-state index is 0.188. The average Bonchev–Trinajstić information content (AvgIpc) is 3.44. The Bertz CT molecular complexity index is 1910. The molecular formula is C41H48NS+. The summed E-state index contributed by atoms with van der Waals surface area (Å²) in [6, 6.07) is 19.3. The molecular weight excluding hydrogens is 539 g/mol. The van der Waals surface area contributed by atoms with Crippen molar-refractivity contribution in [3.63, 3.8) is 0 Å². The first-order chi connectivity index (χ1) is 20.4. The van der Waals surface area contributed by atoms with Crippen molar-refractivity contribution in [1.29, 1.82) is 0 Å². The number of pyridine rings is 1. The highest BCUT2D eigenvalue weighted by Crippen LogP contribution is 2.54. The van der Waals surface area contributed by atoms with E-state index < -0.39 is 0 Å². The highest BCUT2D eigenvalue weighted by molar-refractivity contribution is 8.00. The van der Waals surface area contributed by atoms with Crippen LogP contribution in [0, 0.1) is 23.7 Å². The van der Waals surface area contributed by atoms with Crippen LogP contribution in [0.25, 0.3) is 43.6 Å². The topological polar surface area (TPSA) is 3.88 Å². The Morgan fingerprint density at radius 1 is 0.814 bits per heavy atom. The molecule has 0 radical (unpaired) electrons. The molecule has 1 aliphatic carbocycles. The van der Waals surface area contributed by atoms with Crippen molar-refractivity contribution in [3.8, 4) is 11.3 Å². The van der Waals surface area contributed by atoms with Gasteiger partial charge in [-0.3, -0.25) is 0 Å². The van der Waals surface area contributed by atoms with Crippen molar-refractivity contribution >= 4 is 44.1 Å². The molecule has 2 heteroatoms. The smallest absolute Gasteiger partial charge is 0.200 e. The predicted octanol–water partition coefficient (Wildman–Crippen LogP) is 11.3. The van der Waals surface area contributed by atoms with Crippen LogP contribution in [0.2, 0.25) is 0 Å². The van der Waals surface area contributed by atoms with Crippen LogP contribution < -0.4 is 4.57 Å². The van der Waals surface area contributed by atoms with E-state index >= 15 is 0 Å². The summed E-state index contributed by atoms with van der Waals surface area (Å²) in [6.45, 7) is 16.6. The molecule has 0 N–H and O–H groups in total. The molecule has 1 aliphatic heterocycles. The van der Waals surface area contributed by atoms with Crippen molar-refractivity contribution < 1.29 is 4.57 Å². The van der Waals surface area contributed by atoms with E-state index in [1.165, 1.54) is 102 Å². The largest absolute Gasteiger partial charge is 0.222 e. The maximum atomic E-state index is 2.52. The third-order valence-electron chi connectivity index (χ3n) is 9.87. The van der Waals surface area contributed by atoms with Crippen molar-refractivity contribution in [3.05, 3.63) is 77.0 Å². The highest BCUT2D eigenvalue weighted by atomic mass is 32.2. The van der Waals surface area contributed by atoms with Crippen molar-refractivity contribution in [1.82, 2.24) is 0 Å². The zero-order chi connectivity index (χ0) is 30.3. The number of benzene rings is 4. The fourth-order valence-corrected chi connectivity index (χ4v) is 9.52. The van der Waals surface area contributed by atoms with Gasteiger partial charge < -0.3 is 0 Å². The first-order valence-electron chi connectivity index (χ1n) is 16.5. The summed E-state index contributed by atoms with van der Waals surface area (Å²) in [4.78, 5) is 2.89. The number of nitrogens with zero attached hydrogens (tertiary/aromatic N) is 1. The number of aryl methyl sites for hydroxylation is 2. The SMILES string of the molecule is Cc1c2c(c(CC(C)(C)C)c3ccc(CC(C)(C)C)cc13)Sc1cc3cccc(CC4CCCC4)c3c3cc[n+](C)c-2c13. The molecule has 1 aromatic heterocycles. The van der Waals surface area contributed by atoms with Gasteiger partial charge in [0, 0.05) is 21.2 Å². The molecule has 4 aromatic carbocycles. The van der Waals surface area contributed by atoms with Gasteiger partial charge in [-0.2, -0.15) is 0 Å². The summed E-state index contributed by atoms with van der Waals surface area (Å²) in [5, 5.41) is 8.64. The van der Waals surface area contributed by atoms with Crippen LogP contribution in [0.4, 0.5) is 0 Å². The number of hydrogen-bond donors (Lipinski definition) is 0. The van der Waals surface area contributed by atoms with Gasteiger partial charge in [0.05, 0.1) is 10.9 Å². The molecule has 0 atom stereocenters. The van der Waals surface area contributed by atoms with Gasteiger partial charge in [0.2, 0.25) is 5.69 Å². The van der Waals surface area contributed by atoms with Gasteiger partial charge in [0.15, 0.2) is 6.20 Å². The lowest BCUT2D eigenvalue weighted by Crippen LogP contribution is -2.32. The van der Waals surface area contributed by atoms with E-state index in [2.05, 4.69) is 115 Å². The van der Waals surface area contributed by atoms with Crippen LogP contribution in [0.3, 0.4) is 0 Å². The minimum atomic E-state index is 0.188. The van der Waals surface area contributed by atoms with Gasteiger partial charge in [-0.05, 0) is 92.8 Å². The Morgan fingerprint density at radius 3 is 2.28 bits per heavy atom. The first kappa shape index (κ1) is 28.9. The molecule has 0 bridgehead atoms. The molecule has 0 spiro atoms. The summed E-state index contributed by atoms with van der Waals surface area (Å²) >= 11 is 2.03. The lowest BCUT2D eigenvalue weighted by atomic mass is 9.81. The van der Waals surface area contributed by atoms with Gasteiger partial charge >= 0.3 is 0 Å². The Morgan fingerprint density at radius 2 is 1.56 bits per heavy atom. The third-order valence-corrected chi connectivity index (χ3v) is 11.1. The van der Waals surface area contributed by atoms with Gasteiger partial charge in [0.1, 0.15) is 7.05 Å². The molecule has 2 aliphatic rings. The summed E-state index contributed by atoms with van der Waals surface area (Å²) in [5.41, 5.74) is 9.24. The Balaban J connectivity index is 1.54. The fraction of sp³-hybridized carbons (Fsp3) is 0.439. The summed E-state index contributed by atoms with van der Waals surface area (Å²) in [6.07, 6.45) is 11.3. The minimum Gasteiger partial charge on any atom is -0.200 e. The van der Waals surface area contributed by atoms with Crippen LogP contribution in [-0.2, 0) is 26.3 Å². The molecule has 222 valence electrons. The van der Waals surface area contributed by atoms with Crippen molar-refractivity contribution in [2.75, 3.05) is 0 Å². The van der Waals surface area contributed by atoms with Crippen LogP contribution in [0.15, 0.2) is 64.5 Å². The molecule has 1 nitrogen and oxygen atoms in total. The van der Waals surface area contributed by atoms with E-state index in [4.69, 9.17) is 0 Å². The Labute approximate surface area is 263 Å². The quantitative estimate of drug-likeness (QED) is 0.147. The highest BCUT2D eigenvalue weighted by Gasteiger charge is 2.34. The van der Waals surface area contributed by atoms with Gasteiger partial charge in [-0.25, -0.2) is 4.57 Å². The molecule has 1 saturated carbocycles. The Hall–Kier alpha value is -2.84. The summed E-state index contributed by atoms with van der Waals surface area (Å²) in [5.74, 6) is 0.832. The van der Waals surface area contributed by atoms with Crippen LogP contribution >= 0.6 is 11.8 Å². The predicted molar refractivity (Wildman–Crippen MR) is 186 cm³/mol. The standard InChI is InChI=1S/C41H48NS/c1-25-32-21-27(23-40(2,3)4)16-17-30(32)33(24-41(5,6)7)39-35(25)38-37-31(18-19-42(38)8)36-28(20-26-12-9-10-13-26)14-11-15-29(36)22-34(37)43-39/h11,14-19,21-22,26H,9-10,12-13,20,23-24H2,1-8H3/q+1. The maximum absolute atomic E-state index is 2.52. The van der Waals surface area contributed by atoms with E-state index in [9.17, 15) is 0 Å². The number of hydrogen-bond acceptors (Lipinski definition) is 1. The lowest BCUT2D eigenvalue weighted by molar-refractivity contribution is -0.659. The van der Waals surface area contributed by atoms with Gasteiger partial charge in [0.25, 0.3) is 0 Å².